The van der Waals surface area contributed by atoms with Gasteiger partial charge >= 0.3 is 0 Å². The van der Waals surface area contributed by atoms with Crippen molar-refractivity contribution in [3.8, 4) is 0 Å². The molecule has 0 atom stereocenters. The Labute approximate surface area is 168 Å². The summed E-state index contributed by atoms with van der Waals surface area (Å²) in [6, 6.07) is 14.3. The van der Waals surface area contributed by atoms with E-state index >= 15 is 0 Å². The number of H-pyrrole nitrogens is 1. The van der Waals surface area contributed by atoms with Gasteiger partial charge in [0.2, 0.25) is 5.91 Å². The zero-order valence-electron chi connectivity index (χ0n) is 16.4. The van der Waals surface area contributed by atoms with Crippen LogP contribution in [0.1, 0.15) is 27.3 Å². The van der Waals surface area contributed by atoms with E-state index in [4.69, 9.17) is 0 Å². The zero-order valence-corrected chi connectivity index (χ0v) is 16.4. The lowest BCUT2D eigenvalue weighted by Gasteiger charge is -2.17. The summed E-state index contributed by atoms with van der Waals surface area (Å²) in [6.07, 6.45) is 1.50. The third-order valence-corrected chi connectivity index (χ3v) is 4.45. The summed E-state index contributed by atoms with van der Waals surface area (Å²) in [5.41, 5.74) is 2.07. The SMILES string of the molecule is Cc1cc(CN(C)C(=O)Cn2cccc(C(=O)NCc3ccccc3)c2=O)n[nH]1. The number of hydrogen-bond donors (Lipinski definition) is 2. The highest BCUT2D eigenvalue weighted by Crippen LogP contribution is 2.03. The number of likely N-dealkylation sites (N-methyl/N-ethyl adjacent to an activating group) is 1. The molecular formula is C21H23N5O3. The van der Waals surface area contributed by atoms with E-state index in [9.17, 15) is 14.4 Å². The number of carbonyl (C=O) groups is 2. The Balaban J connectivity index is 1.65. The highest BCUT2D eigenvalue weighted by atomic mass is 16.2. The van der Waals surface area contributed by atoms with Gasteiger partial charge in [-0.05, 0) is 30.7 Å². The second-order valence-electron chi connectivity index (χ2n) is 6.82. The van der Waals surface area contributed by atoms with Crippen molar-refractivity contribution in [3.05, 3.63) is 87.6 Å². The number of rotatable bonds is 7. The Morgan fingerprint density at radius 1 is 1.17 bits per heavy atom. The lowest BCUT2D eigenvalue weighted by Crippen LogP contribution is -2.37. The third kappa shape index (κ3) is 5.19. The minimum Gasteiger partial charge on any atom is -0.348 e. The van der Waals surface area contributed by atoms with E-state index in [2.05, 4.69) is 15.5 Å². The standard InChI is InChI=1S/C21H23N5O3/c1-15-11-17(24-23-15)13-25(2)19(27)14-26-10-6-9-18(21(26)29)20(28)22-12-16-7-4-3-5-8-16/h3-11H,12-14H2,1-2H3,(H,22,28)(H,23,24). The molecule has 0 saturated carbocycles. The number of amides is 2. The van der Waals surface area contributed by atoms with Crippen molar-refractivity contribution >= 4 is 11.8 Å². The first-order valence-corrected chi connectivity index (χ1v) is 9.20. The zero-order chi connectivity index (χ0) is 20.8. The molecule has 0 unspecified atom stereocenters. The highest BCUT2D eigenvalue weighted by Gasteiger charge is 2.16. The summed E-state index contributed by atoms with van der Waals surface area (Å²) in [4.78, 5) is 39.1. The van der Waals surface area contributed by atoms with Gasteiger partial charge in [0.1, 0.15) is 12.1 Å². The molecule has 0 aliphatic heterocycles. The van der Waals surface area contributed by atoms with E-state index in [1.54, 1.807) is 13.1 Å². The van der Waals surface area contributed by atoms with Crippen LogP contribution in [-0.2, 0) is 24.4 Å². The Morgan fingerprint density at radius 3 is 2.62 bits per heavy atom. The van der Waals surface area contributed by atoms with Crippen molar-refractivity contribution in [1.29, 1.82) is 0 Å². The van der Waals surface area contributed by atoms with Crippen molar-refractivity contribution < 1.29 is 9.59 Å². The molecule has 0 fully saturated rings. The highest BCUT2D eigenvalue weighted by molar-refractivity contribution is 5.93. The second kappa shape index (κ2) is 9.01. The molecule has 8 nitrogen and oxygen atoms in total. The number of aryl methyl sites for hydroxylation is 1. The van der Waals surface area contributed by atoms with Crippen LogP contribution in [0.15, 0.2) is 59.5 Å². The van der Waals surface area contributed by atoms with Crippen LogP contribution < -0.4 is 10.9 Å². The van der Waals surface area contributed by atoms with Crippen LogP contribution in [0.5, 0.6) is 0 Å². The van der Waals surface area contributed by atoms with Crippen molar-refractivity contribution in [2.75, 3.05) is 7.05 Å². The quantitative estimate of drug-likeness (QED) is 0.635. The molecule has 3 rings (SSSR count). The Morgan fingerprint density at radius 2 is 1.93 bits per heavy atom. The second-order valence-corrected chi connectivity index (χ2v) is 6.82. The molecular weight excluding hydrogens is 370 g/mol. The maximum absolute atomic E-state index is 12.7. The van der Waals surface area contributed by atoms with Crippen molar-refractivity contribution in [2.24, 2.45) is 0 Å². The summed E-state index contributed by atoms with van der Waals surface area (Å²) in [7, 11) is 1.65. The monoisotopic (exact) mass is 393 g/mol. The number of aromatic amines is 1. The van der Waals surface area contributed by atoms with Crippen LogP contribution in [0.25, 0.3) is 0 Å². The molecule has 0 saturated heterocycles. The summed E-state index contributed by atoms with van der Waals surface area (Å²) < 4.78 is 1.24. The minimum atomic E-state index is -0.504. The maximum Gasteiger partial charge on any atom is 0.263 e. The van der Waals surface area contributed by atoms with Gasteiger partial charge in [-0.25, -0.2) is 0 Å². The molecule has 0 aliphatic carbocycles. The van der Waals surface area contributed by atoms with Crippen LogP contribution in [0.3, 0.4) is 0 Å². The van der Waals surface area contributed by atoms with Crippen LogP contribution >= 0.6 is 0 Å². The maximum atomic E-state index is 12.7. The molecule has 2 heterocycles. The van der Waals surface area contributed by atoms with Gasteiger partial charge in [0.05, 0.1) is 12.2 Å². The van der Waals surface area contributed by atoms with E-state index in [1.807, 2.05) is 43.3 Å². The predicted octanol–water partition coefficient (Wildman–Crippen LogP) is 1.47. The van der Waals surface area contributed by atoms with Crippen LogP contribution in [0.2, 0.25) is 0 Å². The van der Waals surface area contributed by atoms with Gasteiger partial charge in [-0.3, -0.25) is 19.5 Å². The molecule has 1 aromatic carbocycles. The van der Waals surface area contributed by atoms with Crippen LogP contribution in [-0.4, -0.2) is 38.5 Å². The van der Waals surface area contributed by atoms with Gasteiger partial charge in [0, 0.05) is 25.5 Å². The van der Waals surface area contributed by atoms with Crippen molar-refractivity contribution in [1.82, 2.24) is 25.0 Å². The molecule has 29 heavy (non-hydrogen) atoms. The van der Waals surface area contributed by atoms with Gasteiger partial charge in [-0.2, -0.15) is 5.10 Å². The molecule has 0 radical (unpaired) electrons. The minimum absolute atomic E-state index is 0.00168. The molecule has 0 spiro atoms. The fourth-order valence-electron chi connectivity index (χ4n) is 2.86. The van der Waals surface area contributed by atoms with Gasteiger partial charge < -0.3 is 14.8 Å². The Hall–Kier alpha value is -3.68. The average Bonchev–Trinajstić information content (AvgIpc) is 3.13. The number of nitrogens with zero attached hydrogens (tertiary/aromatic N) is 3. The number of hydrogen-bond acceptors (Lipinski definition) is 4. The molecule has 0 aliphatic rings. The number of aromatic nitrogens is 3. The lowest BCUT2D eigenvalue weighted by atomic mass is 10.2. The summed E-state index contributed by atoms with van der Waals surface area (Å²) in [6.45, 7) is 2.37. The fourth-order valence-corrected chi connectivity index (χ4v) is 2.86. The van der Waals surface area contributed by atoms with E-state index in [0.717, 1.165) is 17.0 Å². The Kier molecular flexibility index (Phi) is 6.23. The molecule has 3 aromatic rings. The van der Waals surface area contributed by atoms with Gasteiger partial charge in [0.25, 0.3) is 11.5 Å². The first-order chi connectivity index (χ1) is 13.9. The first-order valence-electron chi connectivity index (χ1n) is 9.20. The Bertz CT molecular complexity index is 1060. The molecule has 0 bridgehead atoms. The van der Waals surface area contributed by atoms with Crippen molar-refractivity contribution in [2.45, 2.75) is 26.6 Å². The largest absolute Gasteiger partial charge is 0.348 e. The topological polar surface area (TPSA) is 100 Å². The van der Waals surface area contributed by atoms with Gasteiger partial charge in [0.15, 0.2) is 0 Å². The fraction of sp³-hybridized carbons (Fsp3) is 0.238. The number of nitrogens with one attached hydrogen (secondary N) is 2. The van der Waals surface area contributed by atoms with E-state index in [-0.39, 0.29) is 18.0 Å². The number of pyridine rings is 1. The summed E-state index contributed by atoms with van der Waals surface area (Å²) in [5.74, 6) is -0.726. The normalized spacial score (nSPS) is 10.6. The first kappa shape index (κ1) is 20.1. The smallest absolute Gasteiger partial charge is 0.263 e. The lowest BCUT2D eigenvalue weighted by molar-refractivity contribution is -0.131. The molecule has 2 aromatic heterocycles. The van der Waals surface area contributed by atoms with Crippen LogP contribution in [0.4, 0.5) is 0 Å². The number of carbonyl (C=O) groups excluding carboxylic acids is 2. The van der Waals surface area contributed by atoms with E-state index in [0.29, 0.717) is 13.1 Å². The molecule has 8 heteroatoms. The summed E-state index contributed by atoms with van der Waals surface area (Å²) in [5, 5.41) is 9.67. The molecule has 2 N–H and O–H groups in total. The van der Waals surface area contributed by atoms with E-state index in [1.165, 1.54) is 21.7 Å². The number of benzene rings is 1. The summed E-state index contributed by atoms with van der Waals surface area (Å²) >= 11 is 0. The third-order valence-electron chi connectivity index (χ3n) is 4.45. The molecule has 150 valence electrons. The predicted molar refractivity (Wildman–Crippen MR) is 108 cm³/mol. The van der Waals surface area contributed by atoms with Crippen LogP contribution in [0, 0.1) is 6.92 Å². The van der Waals surface area contributed by atoms with Gasteiger partial charge in [-0.1, -0.05) is 30.3 Å². The molecule has 2 amide bonds. The average molecular weight is 393 g/mol. The van der Waals surface area contributed by atoms with E-state index < -0.39 is 11.5 Å². The van der Waals surface area contributed by atoms with Crippen molar-refractivity contribution in [3.63, 3.8) is 0 Å². The van der Waals surface area contributed by atoms with Gasteiger partial charge in [-0.15, -0.1) is 0 Å².